The number of aromatic nitrogens is 4. The maximum absolute atomic E-state index is 5.64. The number of hydrogen-bond acceptors (Lipinski definition) is 8. The summed E-state index contributed by atoms with van der Waals surface area (Å²) in [6.45, 7) is 5.80. The van der Waals surface area contributed by atoms with Crippen LogP contribution in [0.15, 0.2) is 34.7 Å². The molecule has 2 aliphatic heterocycles. The average Bonchev–Trinajstić information content (AvgIpc) is 3.27. The van der Waals surface area contributed by atoms with Crippen molar-refractivity contribution >= 4 is 40.9 Å². The second-order valence-electron chi connectivity index (χ2n) is 7.66. The van der Waals surface area contributed by atoms with Gasteiger partial charge in [-0.25, -0.2) is 15.0 Å². The summed E-state index contributed by atoms with van der Waals surface area (Å²) >= 11 is 6.87. The van der Waals surface area contributed by atoms with E-state index < -0.39 is 0 Å². The monoisotopic (exact) mass is 445 g/mol. The molecule has 2 N–H and O–H groups in total. The molecule has 4 rings (SSSR count). The largest absolute Gasteiger partial charge is 0.376 e. The molecule has 0 unspecified atom stereocenters. The number of piperidine rings is 1. The van der Waals surface area contributed by atoms with Crippen molar-refractivity contribution in [2.24, 2.45) is 5.92 Å². The van der Waals surface area contributed by atoms with E-state index in [0.717, 1.165) is 49.3 Å². The molecule has 0 saturated carbocycles. The molecule has 2 aromatic heterocycles. The molecule has 10 heteroatoms. The summed E-state index contributed by atoms with van der Waals surface area (Å²) in [4.78, 5) is 20.3. The highest BCUT2D eigenvalue weighted by Gasteiger charge is 2.20. The van der Waals surface area contributed by atoms with Gasteiger partial charge >= 0.3 is 0 Å². The molecule has 0 bridgehead atoms. The molecular formula is C20H27N7OS2. The molecule has 1 atom stereocenters. The van der Waals surface area contributed by atoms with Crippen molar-refractivity contribution < 1.29 is 4.74 Å². The fraction of sp³-hybridized carbons (Fsp3) is 0.550. The second-order valence-corrected chi connectivity index (χ2v) is 9.06. The first-order chi connectivity index (χ1) is 14.7. The van der Waals surface area contributed by atoms with Gasteiger partial charge in [-0.2, -0.15) is 4.98 Å². The molecule has 8 nitrogen and oxygen atoms in total. The van der Waals surface area contributed by atoms with Crippen LogP contribution in [-0.2, 0) is 4.74 Å². The third-order valence-electron chi connectivity index (χ3n) is 5.27. The molecule has 2 fully saturated rings. The zero-order valence-electron chi connectivity index (χ0n) is 17.1. The van der Waals surface area contributed by atoms with Gasteiger partial charge in [-0.05, 0) is 61.6 Å². The summed E-state index contributed by atoms with van der Waals surface area (Å²) in [5.41, 5.74) is 0. The Morgan fingerprint density at radius 3 is 2.77 bits per heavy atom. The highest BCUT2D eigenvalue weighted by Crippen LogP contribution is 2.28. The van der Waals surface area contributed by atoms with Gasteiger partial charge in [-0.3, -0.25) is 0 Å². The number of ether oxygens (including phenoxy) is 1. The van der Waals surface area contributed by atoms with Crippen molar-refractivity contribution in [1.82, 2.24) is 25.3 Å². The van der Waals surface area contributed by atoms with Gasteiger partial charge in [0.1, 0.15) is 10.8 Å². The number of nitrogens with one attached hydrogen (secondary N) is 2. The second kappa shape index (κ2) is 10.3. The Kier molecular flexibility index (Phi) is 7.29. The Labute approximate surface area is 186 Å². The number of rotatable bonds is 6. The Hall–Kier alpha value is -2.04. The maximum atomic E-state index is 5.64. The Balaban J connectivity index is 1.48. The van der Waals surface area contributed by atoms with Crippen LogP contribution >= 0.6 is 24.0 Å². The summed E-state index contributed by atoms with van der Waals surface area (Å²) in [6.07, 6.45) is 8.17. The van der Waals surface area contributed by atoms with E-state index in [4.69, 9.17) is 21.9 Å². The molecule has 2 aliphatic rings. The first-order valence-corrected chi connectivity index (χ1v) is 11.6. The van der Waals surface area contributed by atoms with Gasteiger partial charge < -0.3 is 20.3 Å². The zero-order valence-corrected chi connectivity index (χ0v) is 18.7. The molecule has 0 radical (unpaired) electrons. The normalized spacial score (nSPS) is 19.6. The molecular weight excluding hydrogens is 418 g/mol. The van der Waals surface area contributed by atoms with Crippen LogP contribution in [0.1, 0.15) is 32.6 Å². The molecule has 160 valence electrons. The molecule has 0 spiro atoms. The Bertz CT molecular complexity index is 840. The van der Waals surface area contributed by atoms with Crippen molar-refractivity contribution in [2.45, 2.75) is 48.9 Å². The van der Waals surface area contributed by atoms with Crippen LogP contribution in [0, 0.1) is 5.92 Å². The smallest absolute Gasteiger partial charge is 0.232 e. The van der Waals surface area contributed by atoms with Gasteiger partial charge in [0.25, 0.3) is 0 Å². The minimum Gasteiger partial charge on any atom is -0.376 e. The van der Waals surface area contributed by atoms with E-state index in [1.165, 1.54) is 24.6 Å². The molecule has 0 aromatic carbocycles. The quantitative estimate of drug-likeness (QED) is 0.393. The first-order valence-electron chi connectivity index (χ1n) is 10.4. The summed E-state index contributed by atoms with van der Waals surface area (Å²) in [7, 11) is 0. The molecule has 30 heavy (non-hydrogen) atoms. The average molecular weight is 446 g/mol. The van der Waals surface area contributed by atoms with E-state index >= 15 is 0 Å². The molecule has 2 aromatic rings. The number of hydrogen-bond donors (Lipinski definition) is 2. The van der Waals surface area contributed by atoms with Crippen molar-refractivity contribution in [1.29, 1.82) is 0 Å². The van der Waals surface area contributed by atoms with Gasteiger partial charge in [-0.15, -0.1) is 0 Å². The van der Waals surface area contributed by atoms with Gasteiger partial charge in [0, 0.05) is 44.7 Å². The van der Waals surface area contributed by atoms with Gasteiger partial charge in [-0.1, -0.05) is 6.92 Å². The fourth-order valence-corrected chi connectivity index (χ4v) is 4.40. The topological polar surface area (TPSA) is 88.1 Å². The summed E-state index contributed by atoms with van der Waals surface area (Å²) in [6, 6.07) is 3.81. The molecule has 0 amide bonds. The van der Waals surface area contributed by atoms with Crippen LogP contribution in [0.4, 0.5) is 11.8 Å². The molecule has 2 saturated heterocycles. The fourth-order valence-electron chi connectivity index (χ4n) is 3.51. The SMILES string of the molecule is CC1CCN(c2cc(Sc3ncccn3)nc(NC(=S)NC[C@H]3CCCO3)n2)CC1. The lowest BCUT2D eigenvalue weighted by molar-refractivity contribution is 0.114. The van der Waals surface area contributed by atoms with Gasteiger partial charge in [0.05, 0.1) is 6.10 Å². The standard InChI is InChI=1S/C20H27N7OS2/c1-14-5-9-27(10-6-14)16-12-17(30-20-21-7-3-8-22-20)25-18(24-16)26-19(29)23-13-15-4-2-11-28-15/h3,7-8,12,14-15H,2,4-6,9-11,13H2,1H3,(H2,23,24,25,26,29)/t15-/m1/s1. The zero-order chi connectivity index (χ0) is 20.8. The lowest BCUT2D eigenvalue weighted by Gasteiger charge is -2.31. The van der Waals surface area contributed by atoms with Gasteiger partial charge in [0.15, 0.2) is 10.3 Å². The lowest BCUT2D eigenvalue weighted by atomic mass is 9.99. The highest BCUT2D eigenvalue weighted by atomic mass is 32.2. The predicted molar refractivity (Wildman–Crippen MR) is 122 cm³/mol. The van der Waals surface area contributed by atoms with E-state index in [1.54, 1.807) is 18.5 Å². The number of anilines is 2. The van der Waals surface area contributed by atoms with E-state index in [0.29, 0.717) is 22.8 Å². The van der Waals surface area contributed by atoms with Crippen LogP contribution in [0.5, 0.6) is 0 Å². The van der Waals surface area contributed by atoms with Crippen LogP contribution in [-0.4, -0.2) is 57.4 Å². The van der Waals surface area contributed by atoms with Crippen molar-refractivity contribution in [2.75, 3.05) is 36.5 Å². The molecule has 4 heterocycles. The Morgan fingerprint density at radius 1 is 1.23 bits per heavy atom. The molecule has 0 aliphatic carbocycles. The van der Waals surface area contributed by atoms with Crippen molar-refractivity contribution in [3.05, 3.63) is 24.5 Å². The summed E-state index contributed by atoms with van der Waals surface area (Å²) < 4.78 is 5.64. The lowest BCUT2D eigenvalue weighted by Crippen LogP contribution is -2.36. The third-order valence-corrected chi connectivity index (χ3v) is 6.33. The Morgan fingerprint density at radius 2 is 2.03 bits per heavy atom. The van der Waals surface area contributed by atoms with Crippen LogP contribution in [0.2, 0.25) is 0 Å². The van der Waals surface area contributed by atoms with Crippen molar-refractivity contribution in [3.63, 3.8) is 0 Å². The van der Waals surface area contributed by atoms with E-state index in [-0.39, 0.29) is 6.10 Å². The van der Waals surface area contributed by atoms with E-state index in [9.17, 15) is 0 Å². The minimum absolute atomic E-state index is 0.216. The van der Waals surface area contributed by atoms with Crippen molar-refractivity contribution in [3.8, 4) is 0 Å². The van der Waals surface area contributed by atoms with E-state index in [1.807, 2.05) is 6.07 Å². The summed E-state index contributed by atoms with van der Waals surface area (Å²) in [5.74, 6) is 2.14. The third kappa shape index (κ3) is 5.99. The van der Waals surface area contributed by atoms with Crippen LogP contribution < -0.4 is 15.5 Å². The van der Waals surface area contributed by atoms with Crippen LogP contribution in [0.3, 0.4) is 0 Å². The minimum atomic E-state index is 0.216. The van der Waals surface area contributed by atoms with Crippen LogP contribution in [0.25, 0.3) is 0 Å². The number of nitrogens with zero attached hydrogens (tertiary/aromatic N) is 5. The van der Waals surface area contributed by atoms with E-state index in [2.05, 4.69) is 37.4 Å². The highest BCUT2D eigenvalue weighted by molar-refractivity contribution is 7.99. The van der Waals surface area contributed by atoms with Gasteiger partial charge in [0.2, 0.25) is 5.95 Å². The first kappa shape index (κ1) is 21.2. The maximum Gasteiger partial charge on any atom is 0.232 e. The number of thiocarbonyl (C=S) groups is 1. The summed E-state index contributed by atoms with van der Waals surface area (Å²) in [5, 5.41) is 8.30. The predicted octanol–water partition coefficient (Wildman–Crippen LogP) is 3.12.